The van der Waals surface area contributed by atoms with E-state index in [0.717, 1.165) is 6.07 Å². The quantitative estimate of drug-likeness (QED) is 0.612. The summed E-state index contributed by atoms with van der Waals surface area (Å²) in [6, 6.07) is 0.729. The Morgan fingerprint density at radius 2 is 1.74 bits per heavy atom. The smallest absolute Gasteiger partial charge is 0.310 e. The lowest BCUT2D eigenvalue weighted by molar-refractivity contribution is -0.183. The van der Waals surface area contributed by atoms with Gasteiger partial charge in [0.1, 0.15) is 0 Å². The van der Waals surface area contributed by atoms with Crippen molar-refractivity contribution in [3.8, 4) is 0 Å². The van der Waals surface area contributed by atoms with Crippen LogP contribution in [0.5, 0.6) is 0 Å². The van der Waals surface area contributed by atoms with E-state index in [2.05, 4.69) is 5.32 Å². The van der Waals surface area contributed by atoms with Crippen LogP contribution in [-0.4, -0.2) is 12.7 Å². The van der Waals surface area contributed by atoms with Crippen LogP contribution in [0.25, 0.3) is 0 Å². The van der Waals surface area contributed by atoms with Crippen molar-refractivity contribution < 1.29 is 26.3 Å². The number of halogens is 6. The summed E-state index contributed by atoms with van der Waals surface area (Å²) in [7, 11) is 0. The predicted octanol–water partition coefficient (Wildman–Crippen LogP) is 3.71. The molecule has 0 saturated carbocycles. The largest absolute Gasteiger partial charge is 0.391 e. The van der Waals surface area contributed by atoms with Gasteiger partial charge < -0.3 is 5.32 Å². The van der Waals surface area contributed by atoms with Crippen molar-refractivity contribution in [1.82, 2.24) is 5.32 Å². The van der Waals surface area contributed by atoms with Crippen molar-refractivity contribution in [3.63, 3.8) is 0 Å². The highest BCUT2D eigenvalue weighted by Gasteiger charge is 2.42. The molecule has 0 amide bonds. The van der Waals surface area contributed by atoms with Gasteiger partial charge in [-0.15, -0.1) is 0 Å². The van der Waals surface area contributed by atoms with Crippen LogP contribution in [0.3, 0.4) is 0 Å². The van der Waals surface area contributed by atoms with Crippen LogP contribution in [0.1, 0.15) is 24.4 Å². The minimum Gasteiger partial charge on any atom is -0.310 e. The maximum absolute atomic E-state index is 13.5. The second-order valence-electron chi connectivity index (χ2n) is 4.53. The van der Waals surface area contributed by atoms with Crippen LogP contribution in [0.15, 0.2) is 12.1 Å². The van der Waals surface area contributed by atoms with Gasteiger partial charge in [0.2, 0.25) is 0 Å². The highest BCUT2D eigenvalue weighted by Crippen LogP contribution is 2.39. The number of benzene rings is 1. The lowest BCUT2D eigenvalue weighted by Crippen LogP contribution is -2.38. The third-order valence-corrected chi connectivity index (χ3v) is 3.31. The SMILES string of the molecule is Fc1ccc(C2CC(C(F)(F)F)CCN2)c(F)c1F. The maximum atomic E-state index is 13.5. The number of hydrogen-bond donors (Lipinski definition) is 1. The van der Waals surface area contributed by atoms with Gasteiger partial charge in [-0.25, -0.2) is 13.2 Å². The third-order valence-electron chi connectivity index (χ3n) is 3.31. The lowest BCUT2D eigenvalue weighted by Gasteiger charge is -2.32. The minimum absolute atomic E-state index is 0.0489. The monoisotopic (exact) mass is 283 g/mol. The van der Waals surface area contributed by atoms with Crippen molar-refractivity contribution in [2.45, 2.75) is 25.1 Å². The Kier molecular flexibility index (Phi) is 3.75. The summed E-state index contributed by atoms with van der Waals surface area (Å²) >= 11 is 0. The van der Waals surface area contributed by atoms with E-state index in [0.29, 0.717) is 6.07 Å². The van der Waals surface area contributed by atoms with Crippen LogP contribution < -0.4 is 5.32 Å². The molecule has 7 heteroatoms. The Labute approximate surface area is 105 Å². The van der Waals surface area contributed by atoms with Gasteiger partial charge in [-0.05, 0) is 25.5 Å². The minimum atomic E-state index is -4.37. The van der Waals surface area contributed by atoms with E-state index in [1.807, 2.05) is 0 Å². The fourth-order valence-corrected chi connectivity index (χ4v) is 2.26. The predicted molar refractivity (Wildman–Crippen MR) is 55.8 cm³/mol. The van der Waals surface area contributed by atoms with Crippen molar-refractivity contribution >= 4 is 0 Å². The number of alkyl halides is 3. The Balaban J connectivity index is 2.25. The highest BCUT2D eigenvalue weighted by atomic mass is 19.4. The summed E-state index contributed by atoms with van der Waals surface area (Å²) in [4.78, 5) is 0. The zero-order valence-corrected chi connectivity index (χ0v) is 9.70. The molecule has 19 heavy (non-hydrogen) atoms. The molecule has 0 spiro atoms. The van der Waals surface area contributed by atoms with Crippen LogP contribution in [0.2, 0.25) is 0 Å². The summed E-state index contributed by atoms with van der Waals surface area (Å²) < 4.78 is 77.2. The summed E-state index contributed by atoms with van der Waals surface area (Å²) in [5, 5.41) is 2.70. The Morgan fingerprint density at radius 1 is 1.05 bits per heavy atom. The van der Waals surface area contributed by atoms with E-state index in [9.17, 15) is 26.3 Å². The van der Waals surface area contributed by atoms with Crippen molar-refractivity contribution in [2.24, 2.45) is 5.92 Å². The molecule has 1 saturated heterocycles. The fraction of sp³-hybridized carbons (Fsp3) is 0.500. The molecule has 1 aromatic carbocycles. The average molecular weight is 283 g/mol. The molecule has 1 fully saturated rings. The second kappa shape index (κ2) is 5.03. The molecule has 1 aliphatic rings. The first-order valence-corrected chi connectivity index (χ1v) is 5.74. The zero-order chi connectivity index (χ0) is 14.2. The van der Waals surface area contributed by atoms with Gasteiger partial charge in [0.25, 0.3) is 0 Å². The van der Waals surface area contributed by atoms with E-state index in [-0.39, 0.29) is 24.9 Å². The van der Waals surface area contributed by atoms with E-state index >= 15 is 0 Å². The Bertz CT molecular complexity index is 470. The topological polar surface area (TPSA) is 12.0 Å². The standard InChI is InChI=1S/C12H11F6N/c13-8-2-1-7(10(14)11(8)15)9-5-6(3-4-19-9)12(16,17)18/h1-2,6,9,19H,3-5H2. The van der Waals surface area contributed by atoms with Crippen LogP contribution in [0, 0.1) is 23.4 Å². The first-order chi connectivity index (χ1) is 8.80. The van der Waals surface area contributed by atoms with Crippen molar-refractivity contribution in [1.29, 1.82) is 0 Å². The maximum Gasteiger partial charge on any atom is 0.391 e. The molecule has 1 N–H and O–H groups in total. The molecule has 2 unspecified atom stereocenters. The van der Waals surface area contributed by atoms with Crippen LogP contribution in [0.4, 0.5) is 26.3 Å². The Morgan fingerprint density at radius 3 is 2.37 bits per heavy atom. The lowest BCUT2D eigenvalue weighted by atomic mass is 9.88. The number of piperidine rings is 1. The van der Waals surface area contributed by atoms with Gasteiger partial charge in [0.05, 0.1) is 5.92 Å². The molecule has 1 nitrogen and oxygen atoms in total. The Hall–Kier alpha value is -1.24. The molecule has 0 aromatic heterocycles. The molecule has 1 heterocycles. The fourth-order valence-electron chi connectivity index (χ4n) is 2.26. The molecule has 0 bridgehead atoms. The van der Waals surface area contributed by atoms with Gasteiger partial charge in [-0.1, -0.05) is 6.07 Å². The van der Waals surface area contributed by atoms with E-state index in [4.69, 9.17) is 0 Å². The summed E-state index contributed by atoms with van der Waals surface area (Å²) in [6.45, 7) is 0.0489. The summed E-state index contributed by atoms with van der Waals surface area (Å²) in [6.07, 6.45) is -4.85. The molecule has 106 valence electrons. The zero-order valence-electron chi connectivity index (χ0n) is 9.70. The number of rotatable bonds is 1. The molecule has 0 radical (unpaired) electrons. The first kappa shape index (κ1) is 14.2. The summed E-state index contributed by atoms with van der Waals surface area (Å²) in [5.41, 5.74) is -0.271. The van der Waals surface area contributed by atoms with Gasteiger partial charge in [-0.2, -0.15) is 13.2 Å². The normalized spacial score (nSPS) is 24.5. The summed E-state index contributed by atoms with van der Waals surface area (Å²) in [5.74, 6) is -6.01. The molecule has 1 aliphatic heterocycles. The average Bonchev–Trinajstić information content (AvgIpc) is 2.35. The molecule has 2 atom stereocenters. The molecular formula is C12H11F6N. The van der Waals surface area contributed by atoms with E-state index in [1.165, 1.54) is 0 Å². The molecule has 0 aliphatic carbocycles. The van der Waals surface area contributed by atoms with Gasteiger partial charge in [-0.3, -0.25) is 0 Å². The number of nitrogens with one attached hydrogen (secondary N) is 1. The van der Waals surface area contributed by atoms with Crippen molar-refractivity contribution in [2.75, 3.05) is 6.54 Å². The van der Waals surface area contributed by atoms with E-state index in [1.54, 1.807) is 0 Å². The first-order valence-electron chi connectivity index (χ1n) is 5.74. The highest BCUT2D eigenvalue weighted by molar-refractivity contribution is 5.24. The van der Waals surface area contributed by atoms with Crippen LogP contribution >= 0.6 is 0 Å². The van der Waals surface area contributed by atoms with Gasteiger partial charge in [0.15, 0.2) is 17.5 Å². The molecule has 2 rings (SSSR count). The second-order valence-corrected chi connectivity index (χ2v) is 4.53. The third kappa shape index (κ3) is 2.86. The van der Waals surface area contributed by atoms with E-state index < -0.39 is 35.6 Å². The molecule has 1 aromatic rings. The van der Waals surface area contributed by atoms with Gasteiger partial charge in [0, 0.05) is 11.6 Å². The van der Waals surface area contributed by atoms with Crippen LogP contribution in [-0.2, 0) is 0 Å². The van der Waals surface area contributed by atoms with Gasteiger partial charge >= 0.3 is 6.18 Å². The van der Waals surface area contributed by atoms with Crippen molar-refractivity contribution in [3.05, 3.63) is 35.1 Å². The molecular weight excluding hydrogens is 272 g/mol. The number of hydrogen-bond acceptors (Lipinski definition) is 1.